The fourth-order valence-corrected chi connectivity index (χ4v) is 1.65. The SMILES string of the molecule is CCNC(=O)NC(=O)[C@H](C)OC(=O)c1ccc(OCC(C)C)cc1. The van der Waals surface area contributed by atoms with Gasteiger partial charge >= 0.3 is 12.0 Å². The van der Waals surface area contributed by atoms with Crippen molar-refractivity contribution in [2.75, 3.05) is 13.2 Å². The Morgan fingerprint density at radius 2 is 1.71 bits per heavy atom. The fourth-order valence-electron chi connectivity index (χ4n) is 1.65. The van der Waals surface area contributed by atoms with Crippen molar-refractivity contribution >= 4 is 17.9 Å². The number of urea groups is 1. The van der Waals surface area contributed by atoms with Crippen molar-refractivity contribution in [2.24, 2.45) is 5.92 Å². The number of rotatable bonds is 7. The summed E-state index contributed by atoms with van der Waals surface area (Å²) in [5, 5.41) is 4.50. The second-order valence-electron chi connectivity index (χ2n) is 5.63. The maximum atomic E-state index is 12.0. The van der Waals surface area contributed by atoms with Gasteiger partial charge in [0.2, 0.25) is 0 Å². The van der Waals surface area contributed by atoms with Crippen LogP contribution in [0.5, 0.6) is 5.75 Å². The first-order chi connectivity index (χ1) is 11.3. The quantitative estimate of drug-likeness (QED) is 0.744. The maximum Gasteiger partial charge on any atom is 0.338 e. The molecule has 0 spiro atoms. The number of carbonyl (C=O) groups is 3. The van der Waals surface area contributed by atoms with Crippen LogP contribution in [0.4, 0.5) is 4.79 Å². The molecule has 132 valence electrons. The maximum absolute atomic E-state index is 12.0. The highest BCUT2D eigenvalue weighted by Gasteiger charge is 2.20. The summed E-state index contributed by atoms with van der Waals surface area (Å²) >= 11 is 0. The van der Waals surface area contributed by atoms with Crippen LogP contribution in [0.15, 0.2) is 24.3 Å². The normalized spacial score (nSPS) is 11.5. The zero-order valence-corrected chi connectivity index (χ0v) is 14.4. The Hall–Kier alpha value is -2.57. The molecule has 0 saturated heterocycles. The van der Waals surface area contributed by atoms with Crippen LogP contribution in [0.3, 0.4) is 0 Å². The number of hydrogen-bond acceptors (Lipinski definition) is 5. The van der Waals surface area contributed by atoms with Crippen LogP contribution in [0.2, 0.25) is 0 Å². The largest absolute Gasteiger partial charge is 0.493 e. The van der Waals surface area contributed by atoms with Crippen LogP contribution >= 0.6 is 0 Å². The van der Waals surface area contributed by atoms with Crippen molar-refractivity contribution in [3.8, 4) is 5.75 Å². The minimum Gasteiger partial charge on any atom is -0.493 e. The third kappa shape index (κ3) is 6.68. The van der Waals surface area contributed by atoms with Gasteiger partial charge in [-0.3, -0.25) is 10.1 Å². The Morgan fingerprint density at radius 1 is 1.08 bits per heavy atom. The van der Waals surface area contributed by atoms with Gasteiger partial charge in [0.25, 0.3) is 5.91 Å². The number of ether oxygens (including phenoxy) is 2. The van der Waals surface area contributed by atoms with Crippen LogP contribution in [0.25, 0.3) is 0 Å². The van der Waals surface area contributed by atoms with E-state index in [1.165, 1.54) is 6.92 Å². The van der Waals surface area contributed by atoms with E-state index in [9.17, 15) is 14.4 Å². The lowest BCUT2D eigenvalue weighted by atomic mass is 10.2. The molecule has 0 aliphatic carbocycles. The molecule has 7 heteroatoms. The van der Waals surface area contributed by atoms with Gasteiger partial charge in [-0.15, -0.1) is 0 Å². The Bertz CT molecular complexity index is 569. The van der Waals surface area contributed by atoms with Crippen LogP contribution in [-0.2, 0) is 9.53 Å². The van der Waals surface area contributed by atoms with E-state index in [0.29, 0.717) is 30.4 Å². The first-order valence-electron chi connectivity index (χ1n) is 7.86. The first kappa shape index (κ1) is 19.5. The lowest BCUT2D eigenvalue weighted by molar-refractivity contribution is -0.127. The standard InChI is InChI=1S/C17H24N2O5/c1-5-18-17(22)19-15(20)12(4)24-16(21)13-6-8-14(9-7-13)23-10-11(2)3/h6-9,11-12H,5,10H2,1-4H3,(H2,18,19,20,22)/t12-/m0/s1. The van der Waals surface area contributed by atoms with E-state index < -0.39 is 24.0 Å². The van der Waals surface area contributed by atoms with Gasteiger partial charge in [-0.25, -0.2) is 9.59 Å². The summed E-state index contributed by atoms with van der Waals surface area (Å²) in [6, 6.07) is 5.83. The summed E-state index contributed by atoms with van der Waals surface area (Å²) in [6.45, 7) is 8.17. The Kier molecular flexibility index (Phi) is 7.74. The average molecular weight is 336 g/mol. The fraction of sp³-hybridized carbons (Fsp3) is 0.471. The molecule has 3 amide bonds. The molecular formula is C17H24N2O5. The van der Waals surface area contributed by atoms with E-state index >= 15 is 0 Å². The summed E-state index contributed by atoms with van der Waals surface area (Å²) in [6.07, 6.45) is -1.09. The number of benzene rings is 1. The summed E-state index contributed by atoms with van der Waals surface area (Å²) in [4.78, 5) is 35.0. The zero-order chi connectivity index (χ0) is 18.1. The highest BCUT2D eigenvalue weighted by Crippen LogP contribution is 2.14. The molecule has 0 fully saturated rings. The smallest absolute Gasteiger partial charge is 0.338 e. The van der Waals surface area contributed by atoms with Gasteiger partial charge in [-0.05, 0) is 44.0 Å². The van der Waals surface area contributed by atoms with E-state index in [4.69, 9.17) is 9.47 Å². The van der Waals surface area contributed by atoms with Crippen molar-refractivity contribution in [3.05, 3.63) is 29.8 Å². The lowest BCUT2D eigenvalue weighted by Gasteiger charge is -2.13. The van der Waals surface area contributed by atoms with Crippen LogP contribution in [-0.4, -0.2) is 37.2 Å². The predicted octanol–water partition coefficient (Wildman–Crippen LogP) is 2.11. The minimum absolute atomic E-state index is 0.296. The molecule has 24 heavy (non-hydrogen) atoms. The summed E-state index contributed by atoms with van der Waals surface area (Å²) in [7, 11) is 0. The van der Waals surface area contributed by atoms with E-state index in [2.05, 4.69) is 10.6 Å². The molecule has 0 saturated carbocycles. The van der Waals surface area contributed by atoms with Crippen molar-refractivity contribution in [2.45, 2.75) is 33.8 Å². The zero-order valence-electron chi connectivity index (χ0n) is 14.4. The van der Waals surface area contributed by atoms with Crippen molar-refractivity contribution in [3.63, 3.8) is 0 Å². The van der Waals surface area contributed by atoms with Gasteiger partial charge in [0.1, 0.15) is 5.75 Å². The molecule has 2 N–H and O–H groups in total. The van der Waals surface area contributed by atoms with Gasteiger partial charge in [0, 0.05) is 6.54 Å². The molecule has 0 aliphatic heterocycles. The molecule has 0 heterocycles. The van der Waals surface area contributed by atoms with Gasteiger partial charge in [0.05, 0.1) is 12.2 Å². The summed E-state index contributed by atoms with van der Waals surface area (Å²) < 4.78 is 10.6. The number of esters is 1. The number of imide groups is 1. The van der Waals surface area contributed by atoms with Crippen molar-refractivity contribution < 1.29 is 23.9 Å². The van der Waals surface area contributed by atoms with Gasteiger partial charge < -0.3 is 14.8 Å². The third-order valence-electron chi connectivity index (χ3n) is 2.90. The topological polar surface area (TPSA) is 93.7 Å². The predicted molar refractivity (Wildman–Crippen MR) is 88.9 cm³/mol. The molecule has 0 aliphatic rings. The van der Waals surface area contributed by atoms with E-state index in [1.54, 1.807) is 31.2 Å². The van der Waals surface area contributed by atoms with Crippen LogP contribution < -0.4 is 15.4 Å². The molecule has 0 aromatic heterocycles. The number of amides is 3. The third-order valence-corrected chi connectivity index (χ3v) is 2.90. The number of nitrogens with one attached hydrogen (secondary N) is 2. The second-order valence-corrected chi connectivity index (χ2v) is 5.63. The Morgan fingerprint density at radius 3 is 2.25 bits per heavy atom. The monoisotopic (exact) mass is 336 g/mol. The average Bonchev–Trinajstić information content (AvgIpc) is 2.53. The van der Waals surface area contributed by atoms with Crippen molar-refractivity contribution in [1.29, 1.82) is 0 Å². The summed E-state index contributed by atoms with van der Waals surface area (Å²) in [5.74, 6) is -0.281. The van der Waals surface area contributed by atoms with E-state index in [0.717, 1.165) is 0 Å². The molecule has 1 aromatic rings. The van der Waals surface area contributed by atoms with Crippen LogP contribution in [0.1, 0.15) is 38.1 Å². The first-order valence-corrected chi connectivity index (χ1v) is 7.86. The Balaban J connectivity index is 2.54. The lowest BCUT2D eigenvalue weighted by Crippen LogP contribution is -2.44. The second kappa shape index (κ2) is 9.54. The van der Waals surface area contributed by atoms with Gasteiger partial charge in [-0.1, -0.05) is 13.8 Å². The number of hydrogen-bond donors (Lipinski definition) is 2. The summed E-state index contributed by atoms with van der Waals surface area (Å²) in [5.41, 5.74) is 0.296. The molecule has 0 radical (unpaired) electrons. The van der Waals surface area contributed by atoms with Crippen LogP contribution in [0, 0.1) is 5.92 Å². The molecule has 0 unspecified atom stereocenters. The molecule has 7 nitrogen and oxygen atoms in total. The highest BCUT2D eigenvalue weighted by molar-refractivity contribution is 5.98. The molecule has 1 atom stereocenters. The van der Waals surface area contributed by atoms with E-state index in [1.807, 2.05) is 13.8 Å². The van der Waals surface area contributed by atoms with Gasteiger partial charge in [-0.2, -0.15) is 0 Å². The van der Waals surface area contributed by atoms with Crippen molar-refractivity contribution in [1.82, 2.24) is 10.6 Å². The van der Waals surface area contributed by atoms with E-state index in [-0.39, 0.29) is 0 Å². The molecule has 0 bridgehead atoms. The molecule has 1 aromatic carbocycles. The molecular weight excluding hydrogens is 312 g/mol. The molecule has 1 rings (SSSR count). The highest BCUT2D eigenvalue weighted by atomic mass is 16.5. The Labute approximate surface area is 141 Å². The minimum atomic E-state index is -1.09. The number of carbonyl (C=O) groups excluding carboxylic acids is 3. The van der Waals surface area contributed by atoms with Gasteiger partial charge in [0.15, 0.2) is 6.10 Å².